The molecule has 1 atom stereocenters. The van der Waals surface area contributed by atoms with E-state index in [0.717, 1.165) is 24.0 Å². The summed E-state index contributed by atoms with van der Waals surface area (Å²) in [5.41, 5.74) is 6.10. The lowest BCUT2D eigenvalue weighted by Gasteiger charge is -2.35. The molecule has 7 heteroatoms. The Bertz CT molecular complexity index is 820. The van der Waals surface area contributed by atoms with Crippen molar-refractivity contribution in [2.75, 3.05) is 19.6 Å². The molecule has 1 saturated heterocycles. The monoisotopic (exact) mass is 377 g/mol. The van der Waals surface area contributed by atoms with Crippen LogP contribution < -0.4 is 11.1 Å². The highest BCUT2D eigenvalue weighted by Gasteiger charge is 2.30. The fourth-order valence-electron chi connectivity index (χ4n) is 3.52. The van der Waals surface area contributed by atoms with Gasteiger partial charge in [-0.15, -0.1) is 11.3 Å². The first-order valence-corrected chi connectivity index (χ1v) is 9.80. The zero-order valence-electron chi connectivity index (χ0n) is 14.9. The number of likely N-dealkylation sites (tertiary alicyclic amines) is 1. The van der Waals surface area contributed by atoms with Gasteiger partial charge in [-0.3, -0.25) is 9.59 Å². The van der Waals surface area contributed by atoms with Crippen molar-refractivity contribution >= 4 is 33.2 Å². The molecular weight excluding hydrogens is 353 g/mol. The van der Waals surface area contributed by atoms with Gasteiger partial charge in [0.05, 0.1) is 4.88 Å². The van der Waals surface area contributed by atoms with Gasteiger partial charge in [-0.1, -0.05) is 6.07 Å². The first kappa shape index (κ1) is 18.8. The number of fused-ring (bicyclic) bond motifs is 1. The van der Waals surface area contributed by atoms with Crippen LogP contribution >= 0.6 is 11.3 Å². The molecule has 0 aliphatic carbocycles. The smallest absolute Gasteiger partial charge is 0.264 e. The van der Waals surface area contributed by atoms with Gasteiger partial charge in [0.2, 0.25) is 5.91 Å². The summed E-state index contributed by atoms with van der Waals surface area (Å²) >= 11 is 1.34. The van der Waals surface area contributed by atoms with Crippen LogP contribution in [0.4, 0.5) is 4.39 Å². The van der Waals surface area contributed by atoms with E-state index in [0.29, 0.717) is 35.5 Å². The van der Waals surface area contributed by atoms with Gasteiger partial charge < -0.3 is 16.0 Å². The quantitative estimate of drug-likeness (QED) is 0.841. The number of carbonyl (C=O) groups is 2. The maximum atomic E-state index is 14.1. The summed E-state index contributed by atoms with van der Waals surface area (Å²) in [6.07, 6.45) is 3.11. The van der Waals surface area contributed by atoms with Gasteiger partial charge >= 0.3 is 0 Å². The molecule has 5 nitrogen and oxygen atoms in total. The first-order chi connectivity index (χ1) is 12.5. The molecule has 1 aromatic carbocycles. The summed E-state index contributed by atoms with van der Waals surface area (Å²) in [5.74, 6) is -0.453. The SMILES string of the molecule is Cc1c(C(=O)N2CCCCC2CNC(=O)CCN)sc2cccc(F)c12. The number of carbonyl (C=O) groups excluding carboxylic acids is 2. The maximum absolute atomic E-state index is 14.1. The number of rotatable bonds is 5. The number of halogens is 1. The third-order valence-electron chi connectivity index (χ3n) is 4.89. The summed E-state index contributed by atoms with van der Waals surface area (Å²) in [6, 6.07) is 4.89. The van der Waals surface area contributed by atoms with E-state index in [9.17, 15) is 14.0 Å². The molecule has 0 saturated carbocycles. The maximum Gasteiger partial charge on any atom is 0.264 e. The molecule has 2 aromatic rings. The van der Waals surface area contributed by atoms with Crippen LogP contribution in [-0.2, 0) is 4.79 Å². The number of hydrogen-bond acceptors (Lipinski definition) is 4. The van der Waals surface area contributed by atoms with Gasteiger partial charge in [0, 0.05) is 42.2 Å². The number of thiophene rings is 1. The molecule has 3 N–H and O–H groups in total. The first-order valence-electron chi connectivity index (χ1n) is 8.98. The van der Waals surface area contributed by atoms with Crippen molar-refractivity contribution in [3.63, 3.8) is 0 Å². The Morgan fingerprint density at radius 1 is 1.38 bits per heavy atom. The number of hydrogen-bond donors (Lipinski definition) is 2. The van der Waals surface area contributed by atoms with Crippen LogP contribution in [0.1, 0.15) is 40.9 Å². The second kappa shape index (κ2) is 8.14. The summed E-state index contributed by atoms with van der Waals surface area (Å²) in [4.78, 5) is 27.3. The normalized spacial score (nSPS) is 17.5. The highest BCUT2D eigenvalue weighted by molar-refractivity contribution is 7.21. The second-order valence-corrected chi connectivity index (χ2v) is 7.71. The van der Waals surface area contributed by atoms with E-state index in [1.807, 2.05) is 11.0 Å². The topological polar surface area (TPSA) is 75.4 Å². The van der Waals surface area contributed by atoms with Crippen molar-refractivity contribution in [1.82, 2.24) is 10.2 Å². The predicted molar refractivity (Wildman–Crippen MR) is 102 cm³/mol. The molecule has 2 amide bonds. The van der Waals surface area contributed by atoms with Crippen molar-refractivity contribution in [1.29, 1.82) is 0 Å². The van der Waals surface area contributed by atoms with Crippen molar-refractivity contribution in [3.05, 3.63) is 34.5 Å². The lowest BCUT2D eigenvalue weighted by molar-refractivity contribution is -0.121. The largest absolute Gasteiger partial charge is 0.354 e. The molecule has 0 radical (unpaired) electrons. The molecule has 3 rings (SSSR count). The van der Waals surface area contributed by atoms with E-state index in [-0.39, 0.29) is 30.1 Å². The van der Waals surface area contributed by atoms with Crippen LogP contribution in [-0.4, -0.2) is 42.4 Å². The molecule has 140 valence electrons. The number of benzene rings is 1. The summed E-state index contributed by atoms with van der Waals surface area (Å²) < 4.78 is 14.9. The van der Waals surface area contributed by atoms with Gasteiger partial charge in [-0.2, -0.15) is 0 Å². The van der Waals surface area contributed by atoms with E-state index in [1.54, 1.807) is 13.0 Å². The standard InChI is InChI=1S/C19H24FN3O2S/c1-12-17-14(20)6-4-7-15(17)26-18(12)19(25)23-10-3-2-5-13(23)11-22-16(24)8-9-21/h4,6-7,13H,2-3,5,8-11,21H2,1H3,(H,22,24). The Morgan fingerprint density at radius 3 is 2.92 bits per heavy atom. The number of nitrogens with zero attached hydrogens (tertiary/aromatic N) is 1. The van der Waals surface area contributed by atoms with E-state index in [4.69, 9.17) is 5.73 Å². The molecule has 1 fully saturated rings. The minimum Gasteiger partial charge on any atom is -0.354 e. The second-order valence-electron chi connectivity index (χ2n) is 6.66. The summed E-state index contributed by atoms with van der Waals surface area (Å²) in [7, 11) is 0. The van der Waals surface area contributed by atoms with Gasteiger partial charge in [-0.25, -0.2) is 4.39 Å². The highest BCUT2D eigenvalue weighted by Crippen LogP contribution is 2.34. The van der Waals surface area contributed by atoms with E-state index < -0.39 is 0 Å². The number of nitrogens with one attached hydrogen (secondary N) is 1. The van der Waals surface area contributed by atoms with E-state index >= 15 is 0 Å². The van der Waals surface area contributed by atoms with Crippen LogP contribution in [0.5, 0.6) is 0 Å². The van der Waals surface area contributed by atoms with Crippen molar-refractivity contribution < 1.29 is 14.0 Å². The Balaban J connectivity index is 1.81. The number of piperidine rings is 1. The van der Waals surface area contributed by atoms with Gasteiger partial charge in [0.1, 0.15) is 5.82 Å². The van der Waals surface area contributed by atoms with Gasteiger partial charge in [0.15, 0.2) is 0 Å². The Labute approximate surface area is 156 Å². The molecule has 1 aliphatic rings. The fourth-order valence-corrected chi connectivity index (χ4v) is 4.70. The Morgan fingerprint density at radius 2 is 2.19 bits per heavy atom. The molecule has 1 unspecified atom stereocenters. The predicted octanol–water partition coefficient (Wildman–Crippen LogP) is 2.81. The molecular formula is C19H24FN3O2S. The van der Waals surface area contributed by atoms with Crippen molar-refractivity contribution in [2.45, 2.75) is 38.6 Å². The number of aryl methyl sites for hydroxylation is 1. The molecule has 1 aliphatic heterocycles. The number of nitrogens with two attached hydrogens (primary N) is 1. The van der Waals surface area contributed by atoms with Gasteiger partial charge in [-0.05, 0) is 43.9 Å². The van der Waals surface area contributed by atoms with Crippen LogP contribution in [0.15, 0.2) is 18.2 Å². The molecule has 0 spiro atoms. The van der Waals surface area contributed by atoms with Gasteiger partial charge in [0.25, 0.3) is 5.91 Å². The molecule has 26 heavy (non-hydrogen) atoms. The zero-order chi connectivity index (χ0) is 18.7. The lowest BCUT2D eigenvalue weighted by atomic mass is 10.0. The average molecular weight is 377 g/mol. The third kappa shape index (κ3) is 3.73. The van der Waals surface area contributed by atoms with E-state index in [2.05, 4.69) is 5.32 Å². The Kier molecular flexibility index (Phi) is 5.88. The summed E-state index contributed by atoms with van der Waals surface area (Å²) in [6.45, 7) is 3.21. The van der Waals surface area contributed by atoms with E-state index in [1.165, 1.54) is 17.4 Å². The lowest BCUT2D eigenvalue weighted by Crippen LogP contribution is -2.49. The van der Waals surface area contributed by atoms with Crippen LogP contribution in [0, 0.1) is 12.7 Å². The van der Waals surface area contributed by atoms with Crippen LogP contribution in [0.25, 0.3) is 10.1 Å². The van der Waals surface area contributed by atoms with Crippen molar-refractivity contribution in [2.24, 2.45) is 5.73 Å². The minimum atomic E-state index is -0.292. The van der Waals surface area contributed by atoms with Crippen LogP contribution in [0.3, 0.4) is 0 Å². The fraction of sp³-hybridized carbons (Fsp3) is 0.474. The molecule has 2 heterocycles. The third-order valence-corrected chi connectivity index (χ3v) is 6.14. The zero-order valence-corrected chi connectivity index (χ0v) is 15.7. The average Bonchev–Trinajstić information content (AvgIpc) is 2.98. The van der Waals surface area contributed by atoms with Crippen molar-refractivity contribution in [3.8, 4) is 0 Å². The summed E-state index contributed by atoms with van der Waals surface area (Å²) in [5, 5.41) is 3.40. The van der Waals surface area contributed by atoms with Crippen LogP contribution in [0.2, 0.25) is 0 Å². The molecule has 1 aromatic heterocycles. The Hall–Kier alpha value is -1.99. The number of amides is 2. The highest BCUT2D eigenvalue weighted by atomic mass is 32.1. The molecule has 0 bridgehead atoms. The minimum absolute atomic E-state index is 0.0348.